The van der Waals surface area contributed by atoms with E-state index in [1.807, 2.05) is 38.1 Å². The molecule has 0 aliphatic carbocycles. The van der Waals surface area contributed by atoms with Crippen LogP contribution in [0.2, 0.25) is 0 Å². The lowest BCUT2D eigenvalue weighted by molar-refractivity contribution is -0.140. The van der Waals surface area contributed by atoms with Crippen molar-refractivity contribution < 1.29 is 9.59 Å². The predicted octanol–water partition coefficient (Wildman–Crippen LogP) is 4.89. The summed E-state index contributed by atoms with van der Waals surface area (Å²) in [5.41, 5.74) is 3.42. The van der Waals surface area contributed by atoms with Crippen LogP contribution in [0.15, 0.2) is 53.0 Å². The van der Waals surface area contributed by atoms with E-state index in [0.29, 0.717) is 19.4 Å². The van der Waals surface area contributed by atoms with Gasteiger partial charge >= 0.3 is 0 Å². The molecular weight excluding hydrogens is 428 g/mol. The van der Waals surface area contributed by atoms with Crippen LogP contribution >= 0.6 is 15.9 Å². The van der Waals surface area contributed by atoms with Gasteiger partial charge in [0.05, 0.1) is 0 Å². The number of hydrogen-bond donors (Lipinski definition) is 1. The van der Waals surface area contributed by atoms with E-state index < -0.39 is 6.04 Å². The summed E-state index contributed by atoms with van der Waals surface area (Å²) < 4.78 is 0.986. The summed E-state index contributed by atoms with van der Waals surface area (Å²) in [6.45, 7) is 8.18. The van der Waals surface area contributed by atoms with Crippen LogP contribution in [0, 0.1) is 0 Å². The molecule has 29 heavy (non-hydrogen) atoms. The first-order valence-corrected chi connectivity index (χ1v) is 11.0. The summed E-state index contributed by atoms with van der Waals surface area (Å²) in [4.78, 5) is 27.3. The van der Waals surface area contributed by atoms with Crippen molar-refractivity contribution in [3.8, 4) is 0 Å². The summed E-state index contributed by atoms with van der Waals surface area (Å²) in [6.07, 6.45) is 2.04. The van der Waals surface area contributed by atoms with E-state index in [1.54, 1.807) is 11.8 Å². The Labute approximate surface area is 182 Å². The van der Waals surface area contributed by atoms with Crippen LogP contribution < -0.4 is 5.32 Å². The first-order chi connectivity index (χ1) is 13.8. The van der Waals surface area contributed by atoms with Gasteiger partial charge in [-0.15, -0.1) is 0 Å². The molecule has 2 aromatic carbocycles. The fourth-order valence-corrected chi connectivity index (χ4v) is 3.38. The molecule has 0 heterocycles. The number of amides is 2. The number of aryl methyl sites for hydroxylation is 2. The van der Waals surface area contributed by atoms with Crippen molar-refractivity contribution in [2.24, 2.45) is 0 Å². The molecule has 156 valence electrons. The van der Waals surface area contributed by atoms with E-state index in [1.165, 1.54) is 5.56 Å². The van der Waals surface area contributed by atoms with Crippen molar-refractivity contribution in [3.05, 3.63) is 69.7 Å². The molecule has 0 bridgehead atoms. The normalized spacial score (nSPS) is 11.9. The molecule has 4 nitrogen and oxygen atoms in total. The number of benzene rings is 2. The summed E-state index contributed by atoms with van der Waals surface area (Å²) in [6, 6.07) is 15.7. The van der Waals surface area contributed by atoms with Gasteiger partial charge in [-0.2, -0.15) is 0 Å². The lowest BCUT2D eigenvalue weighted by Crippen LogP contribution is -2.49. The highest BCUT2D eigenvalue weighted by molar-refractivity contribution is 9.10. The average Bonchev–Trinajstić information content (AvgIpc) is 2.71. The molecule has 0 saturated heterocycles. The van der Waals surface area contributed by atoms with E-state index in [4.69, 9.17) is 0 Å². The maximum Gasteiger partial charge on any atom is 0.242 e. The molecule has 0 saturated carbocycles. The first-order valence-electron chi connectivity index (χ1n) is 10.2. The number of carbonyl (C=O) groups excluding carboxylic acids is 2. The topological polar surface area (TPSA) is 49.4 Å². The summed E-state index contributed by atoms with van der Waals surface area (Å²) >= 11 is 3.44. The quantitative estimate of drug-likeness (QED) is 0.581. The van der Waals surface area contributed by atoms with Crippen molar-refractivity contribution in [2.45, 2.75) is 65.6 Å². The fourth-order valence-electron chi connectivity index (χ4n) is 3.11. The molecule has 0 aliphatic heterocycles. The van der Waals surface area contributed by atoms with E-state index >= 15 is 0 Å². The largest absolute Gasteiger partial charge is 0.352 e. The van der Waals surface area contributed by atoms with E-state index in [0.717, 1.165) is 22.0 Å². The Bertz CT molecular complexity index is 801. The molecule has 2 aromatic rings. The highest BCUT2D eigenvalue weighted by Gasteiger charge is 2.26. The number of rotatable bonds is 9. The molecule has 0 spiro atoms. The van der Waals surface area contributed by atoms with Crippen molar-refractivity contribution in [2.75, 3.05) is 0 Å². The van der Waals surface area contributed by atoms with Crippen molar-refractivity contribution in [1.82, 2.24) is 10.2 Å². The van der Waals surface area contributed by atoms with E-state index in [2.05, 4.69) is 52.4 Å². The van der Waals surface area contributed by atoms with Crippen LogP contribution in [-0.2, 0) is 29.0 Å². The van der Waals surface area contributed by atoms with Crippen LogP contribution in [0.3, 0.4) is 0 Å². The third-order valence-electron chi connectivity index (χ3n) is 4.92. The molecular formula is C24H31BrN2O2. The van der Waals surface area contributed by atoms with Gasteiger partial charge in [0.2, 0.25) is 11.8 Å². The Hall–Kier alpha value is -2.14. The Morgan fingerprint density at radius 1 is 0.931 bits per heavy atom. The number of nitrogens with zero attached hydrogens (tertiary/aromatic N) is 1. The highest BCUT2D eigenvalue weighted by Crippen LogP contribution is 2.16. The van der Waals surface area contributed by atoms with Crippen LogP contribution in [0.5, 0.6) is 0 Å². The molecule has 2 rings (SSSR count). The van der Waals surface area contributed by atoms with Gasteiger partial charge in [0.15, 0.2) is 0 Å². The fraction of sp³-hybridized carbons (Fsp3) is 0.417. The average molecular weight is 459 g/mol. The minimum Gasteiger partial charge on any atom is -0.352 e. The van der Waals surface area contributed by atoms with Gasteiger partial charge in [-0.25, -0.2) is 0 Å². The highest BCUT2D eigenvalue weighted by atomic mass is 79.9. The number of carbonyl (C=O) groups is 2. The number of nitrogens with one attached hydrogen (secondary N) is 1. The van der Waals surface area contributed by atoms with Crippen molar-refractivity contribution >= 4 is 27.7 Å². The number of halogens is 1. The standard InChI is InChI=1S/C24H31BrN2O2/c1-5-19-6-8-20(9-7-19)12-15-23(28)27(18(4)24(29)26-17(2)3)16-21-10-13-22(25)14-11-21/h6-11,13-14,17-18H,5,12,15-16H2,1-4H3,(H,26,29)/t18-/m1/s1. The second-order valence-corrected chi connectivity index (χ2v) is 8.57. The van der Waals surface area contributed by atoms with Gasteiger partial charge in [-0.1, -0.05) is 59.3 Å². The van der Waals surface area contributed by atoms with Gasteiger partial charge in [0, 0.05) is 23.5 Å². The molecule has 1 atom stereocenters. The zero-order valence-electron chi connectivity index (χ0n) is 17.7. The molecule has 0 fully saturated rings. The molecule has 5 heteroatoms. The minimum atomic E-state index is -0.531. The smallest absolute Gasteiger partial charge is 0.242 e. The van der Waals surface area contributed by atoms with E-state index in [9.17, 15) is 9.59 Å². The second-order valence-electron chi connectivity index (χ2n) is 7.66. The van der Waals surface area contributed by atoms with Gasteiger partial charge in [0.1, 0.15) is 6.04 Å². The Morgan fingerprint density at radius 2 is 1.48 bits per heavy atom. The third-order valence-corrected chi connectivity index (χ3v) is 5.45. The number of hydrogen-bond acceptors (Lipinski definition) is 2. The molecule has 1 N–H and O–H groups in total. The lowest BCUT2D eigenvalue weighted by Gasteiger charge is -2.29. The predicted molar refractivity (Wildman–Crippen MR) is 122 cm³/mol. The summed E-state index contributed by atoms with van der Waals surface area (Å²) in [5.74, 6) is -0.142. The van der Waals surface area contributed by atoms with Crippen LogP contribution in [0.1, 0.15) is 50.8 Å². The Balaban J connectivity index is 2.11. The second kappa shape index (κ2) is 11.1. The zero-order valence-corrected chi connectivity index (χ0v) is 19.3. The van der Waals surface area contributed by atoms with Crippen molar-refractivity contribution in [1.29, 1.82) is 0 Å². The van der Waals surface area contributed by atoms with Gasteiger partial charge < -0.3 is 10.2 Å². The van der Waals surface area contributed by atoms with Gasteiger partial charge in [0.25, 0.3) is 0 Å². The molecule has 0 aromatic heterocycles. The van der Waals surface area contributed by atoms with Gasteiger partial charge in [-0.05, 0) is 62.4 Å². The van der Waals surface area contributed by atoms with E-state index in [-0.39, 0.29) is 17.9 Å². The third kappa shape index (κ3) is 7.32. The Morgan fingerprint density at radius 3 is 2.03 bits per heavy atom. The molecule has 0 unspecified atom stereocenters. The first kappa shape index (κ1) is 23.1. The van der Waals surface area contributed by atoms with Crippen LogP contribution in [0.25, 0.3) is 0 Å². The SMILES string of the molecule is CCc1ccc(CCC(=O)N(Cc2ccc(Br)cc2)[C@H](C)C(=O)NC(C)C)cc1. The summed E-state index contributed by atoms with van der Waals surface area (Å²) in [5, 5.41) is 2.92. The molecule has 0 radical (unpaired) electrons. The van der Waals surface area contributed by atoms with Crippen LogP contribution in [-0.4, -0.2) is 28.8 Å². The monoisotopic (exact) mass is 458 g/mol. The van der Waals surface area contributed by atoms with Crippen LogP contribution in [0.4, 0.5) is 0 Å². The maximum atomic E-state index is 13.1. The lowest BCUT2D eigenvalue weighted by atomic mass is 10.0. The maximum absolute atomic E-state index is 13.1. The van der Waals surface area contributed by atoms with Gasteiger partial charge in [-0.3, -0.25) is 9.59 Å². The molecule has 0 aliphatic rings. The summed E-state index contributed by atoms with van der Waals surface area (Å²) in [7, 11) is 0. The minimum absolute atomic E-state index is 0.0149. The Kier molecular flexibility index (Phi) is 8.90. The molecule has 2 amide bonds. The van der Waals surface area contributed by atoms with Crippen molar-refractivity contribution in [3.63, 3.8) is 0 Å². The zero-order chi connectivity index (χ0) is 21.4.